The fourth-order valence-electron chi connectivity index (χ4n) is 3.35. The molecule has 2 aromatic carbocycles. The first kappa shape index (κ1) is 19.5. The fourth-order valence-corrected chi connectivity index (χ4v) is 3.35. The van der Waals surface area contributed by atoms with Gasteiger partial charge in [-0.2, -0.15) is 0 Å². The van der Waals surface area contributed by atoms with Crippen molar-refractivity contribution in [2.75, 3.05) is 32.8 Å². The lowest BCUT2D eigenvalue weighted by molar-refractivity contribution is -0.921. The van der Waals surface area contributed by atoms with Crippen LogP contribution in [-0.4, -0.2) is 38.8 Å². The summed E-state index contributed by atoms with van der Waals surface area (Å²) in [6.07, 6.45) is 0. The van der Waals surface area contributed by atoms with Crippen molar-refractivity contribution in [3.63, 3.8) is 0 Å². The summed E-state index contributed by atoms with van der Waals surface area (Å²) in [5.41, 5.74) is 3.72. The van der Waals surface area contributed by atoms with Crippen molar-refractivity contribution in [2.45, 2.75) is 26.1 Å². The first-order chi connectivity index (χ1) is 13.2. The Labute approximate surface area is 161 Å². The molecule has 1 heterocycles. The highest BCUT2D eigenvalue weighted by atomic mass is 16.5. The molecule has 0 unspecified atom stereocenters. The summed E-state index contributed by atoms with van der Waals surface area (Å²) in [6, 6.07) is 19.1. The molecule has 4 N–H and O–H groups in total. The van der Waals surface area contributed by atoms with E-state index in [4.69, 9.17) is 4.74 Å². The lowest BCUT2D eigenvalue weighted by Crippen LogP contribution is -3.12. The Morgan fingerprint density at radius 3 is 2.44 bits per heavy atom. The van der Waals surface area contributed by atoms with E-state index in [1.54, 1.807) is 4.90 Å². The summed E-state index contributed by atoms with van der Waals surface area (Å²) in [7, 11) is 0. The Morgan fingerprint density at radius 1 is 1.07 bits per heavy atom. The molecular formula is C22H31N3O2+2. The average Bonchev–Trinajstić information content (AvgIpc) is 2.73. The molecule has 1 aliphatic rings. The van der Waals surface area contributed by atoms with E-state index < -0.39 is 0 Å². The van der Waals surface area contributed by atoms with Crippen LogP contribution in [0.5, 0.6) is 0 Å². The summed E-state index contributed by atoms with van der Waals surface area (Å²) in [5.74, 6) is 0.0691. The van der Waals surface area contributed by atoms with Crippen LogP contribution in [0.15, 0.2) is 54.6 Å². The van der Waals surface area contributed by atoms with E-state index in [2.05, 4.69) is 54.0 Å². The number of rotatable bonds is 8. The van der Waals surface area contributed by atoms with Crippen LogP contribution in [-0.2, 0) is 22.6 Å². The first-order valence-corrected chi connectivity index (χ1v) is 9.85. The Hall–Kier alpha value is -2.21. The maximum Gasteiger partial charge on any atom is 0.275 e. The SMILES string of the molecule is C[C@H]([NH2+]CC(=O)NCc1ccc(C[NH+]2CCOCC2)cc1)c1ccccc1. The van der Waals surface area contributed by atoms with E-state index in [1.165, 1.54) is 11.1 Å². The highest BCUT2D eigenvalue weighted by Gasteiger charge is 2.14. The highest BCUT2D eigenvalue weighted by Crippen LogP contribution is 2.06. The van der Waals surface area contributed by atoms with E-state index in [1.807, 2.05) is 18.2 Å². The fraction of sp³-hybridized carbons (Fsp3) is 0.409. The summed E-state index contributed by atoms with van der Waals surface area (Å²) >= 11 is 0. The van der Waals surface area contributed by atoms with Gasteiger partial charge in [0.05, 0.1) is 13.2 Å². The molecule has 1 saturated heterocycles. The van der Waals surface area contributed by atoms with Crippen LogP contribution in [0.25, 0.3) is 0 Å². The van der Waals surface area contributed by atoms with Gasteiger partial charge in [0.15, 0.2) is 6.54 Å². The smallest absolute Gasteiger partial charge is 0.275 e. The van der Waals surface area contributed by atoms with Gasteiger partial charge in [-0.15, -0.1) is 0 Å². The standard InChI is InChI=1S/C22H29N3O2/c1-18(21-5-3-2-4-6-21)23-16-22(26)24-15-19-7-9-20(10-8-19)17-25-11-13-27-14-12-25/h2-10,18,23H,11-17H2,1H3,(H,24,26)/p+2/t18-/m0/s1. The number of nitrogens with one attached hydrogen (secondary N) is 2. The van der Waals surface area contributed by atoms with Gasteiger partial charge in [0.25, 0.3) is 5.91 Å². The van der Waals surface area contributed by atoms with E-state index in [-0.39, 0.29) is 11.9 Å². The molecule has 5 heteroatoms. The minimum Gasteiger partial charge on any atom is -0.370 e. The van der Waals surface area contributed by atoms with Gasteiger partial charge in [-0.25, -0.2) is 0 Å². The Bertz CT molecular complexity index is 697. The van der Waals surface area contributed by atoms with Crippen LogP contribution in [0.3, 0.4) is 0 Å². The number of carbonyl (C=O) groups excluding carboxylic acids is 1. The molecule has 0 spiro atoms. The number of quaternary nitrogens is 2. The number of amides is 1. The summed E-state index contributed by atoms with van der Waals surface area (Å²) in [6.45, 7) is 8.07. The van der Waals surface area contributed by atoms with Crippen molar-refractivity contribution in [3.05, 3.63) is 71.3 Å². The van der Waals surface area contributed by atoms with Gasteiger partial charge < -0.3 is 20.3 Å². The van der Waals surface area contributed by atoms with Gasteiger partial charge in [0, 0.05) is 17.7 Å². The van der Waals surface area contributed by atoms with Crippen molar-refractivity contribution >= 4 is 5.91 Å². The van der Waals surface area contributed by atoms with Crippen LogP contribution in [0, 0.1) is 0 Å². The monoisotopic (exact) mass is 369 g/mol. The zero-order chi connectivity index (χ0) is 18.9. The third kappa shape index (κ3) is 6.47. The molecule has 1 amide bonds. The highest BCUT2D eigenvalue weighted by molar-refractivity contribution is 5.76. The molecule has 144 valence electrons. The lowest BCUT2D eigenvalue weighted by atomic mass is 10.1. The van der Waals surface area contributed by atoms with Crippen molar-refractivity contribution in [1.29, 1.82) is 0 Å². The molecule has 1 fully saturated rings. The maximum atomic E-state index is 12.1. The summed E-state index contributed by atoms with van der Waals surface area (Å²) < 4.78 is 5.41. The minimum absolute atomic E-state index is 0.0691. The molecule has 1 atom stereocenters. The average molecular weight is 370 g/mol. The molecule has 0 radical (unpaired) electrons. The van der Waals surface area contributed by atoms with Gasteiger partial charge in [-0.1, -0.05) is 54.6 Å². The predicted octanol–water partition coefficient (Wildman–Crippen LogP) is 0.0425. The Balaban J connectivity index is 1.38. The number of nitrogens with two attached hydrogens (primary N) is 1. The van der Waals surface area contributed by atoms with Gasteiger partial charge >= 0.3 is 0 Å². The molecular weight excluding hydrogens is 338 g/mol. The Morgan fingerprint density at radius 2 is 1.74 bits per heavy atom. The Kier molecular flexibility index (Phi) is 7.39. The van der Waals surface area contributed by atoms with Crippen LogP contribution in [0.4, 0.5) is 0 Å². The largest absolute Gasteiger partial charge is 0.370 e. The van der Waals surface area contributed by atoms with Crippen LogP contribution in [0.1, 0.15) is 29.7 Å². The van der Waals surface area contributed by atoms with Gasteiger partial charge in [-0.3, -0.25) is 4.79 Å². The second kappa shape index (κ2) is 10.2. The van der Waals surface area contributed by atoms with Gasteiger partial charge in [0.1, 0.15) is 25.7 Å². The zero-order valence-electron chi connectivity index (χ0n) is 16.1. The normalized spacial score (nSPS) is 16.0. The molecule has 0 bridgehead atoms. The van der Waals surface area contributed by atoms with Gasteiger partial charge in [0.2, 0.25) is 0 Å². The third-order valence-corrected chi connectivity index (χ3v) is 5.15. The van der Waals surface area contributed by atoms with E-state index >= 15 is 0 Å². The zero-order valence-corrected chi connectivity index (χ0v) is 16.1. The maximum absolute atomic E-state index is 12.1. The van der Waals surface area contributed by atoms with Crippen molar-refractivity contribution in [3.8, 4) is 0 Å². The van der Waals surface area contributed by atoms with Gasteiger partial charge in [-0.05, 0) is 12.5 Å². The number of benzene rings is 2. The first-order valence-electron chi connectivity index (χ1n) is 9.85. The van der Waals surface area contributed by atoms with Crippen molar-refractivity contribution in [2.24, 2.45) is 0 Å². The second-order valence-corrected chi connectivity index (χ2v) is 7.27. The number of ether oxygens (including phenoxy) is 1. The number of hydrogen-bond acceptors (Lipinski definition) is 2. The minimum atomic E-state index is 0.0691. The molecule has 0 aliphatic carbocycles. The number of morpholine rings is 1. The lowest BCUT2D eigenvalue weighted by Gasteiger charge is -2.23. The van der Waals surface area contributed by atoms with Crippen LogP contribution >= 0.6 is 0 Å². The van der Waals surface area contributed by atoms with E-state index in [0.717, 1.165) is 38.4 Å². The molecule has 3 rings (SSSR count). The topological polar surface area (TPSA) is 59.4 Å². The van der Waals surface area contributed by atoms with Crippen molar-refractivity contribution in [1.82, 2.24) is 5.32 Å². The molecule has 2 aromatic rings. The predicted molar refractivity (Wildman–Crippen MR) is 105 cm³/mol. The quantitative estimate of drug-likeness (QED) is 0.616. The van der Waals surface area contributed by atoms with E-state index in [0.29, 0.717) is 13.1 Å². The van der Waals surface area contributed by atoms with Crippen molar-refractivity contribution < 1.29 is 19.7 Å². The third-order valence-electron chi connectivity index (χ3n) is 5.15. The van der Waals surface area contributed by atoms with Crippen LogP contribution in [0.2, 0.25) is 0 Å². The summed E-state index contributed by atoms with van der Waals surface area (Å²) in [4.78, 5) is 13.7. The van der Waals surface area contributed by atoms with Crippen LogP contribution < -0.4 is 15.5 Å². The molecule has 0 saturated carbocycles. The second-order valence-electron chi connectivity index (χ2n) is 7.27. The van der Waals surface area contributed by atoms with E-state index in [9.17, 15) is 4.79 Å². The number of carbonyl (C=O) groups is 1. The molecule has 1 aliphatic heterocycles. The molecule has 5 nitrogen and oxygen atoms in total. The number of hydrogen-bond donors (Lipinski definition) is 3. The molecule has 27 heavy (non-hydrogen) atoms. The molecule has 0 aromatic heterocycles. The summed E-state index contributed by atoms with van der Waals surface area (Å²) in [5, 5.41) is 5.08.